The average Bonchev–Trinajstić information content (AvgIpc) is 2.99. The molecule has 1 atom stereocenters. The fraction of sp³-hybridized carbons (Fsp3) is 0.267. The molecule has 7 N–H and O–H groups in total. The molecule has 0 aliphatic rings. The van der Waals surface area contributed by atoms with Crippen molar-refractivity contribution in [2.75, 3.05) is 19.0 Å². The molecule has 45 heavy (non-hydrogen) atoms. The number of amides is 2. The number of benzene rings is 3. The van der Waals surface area contributed by atoms with Crippen molar-refractivity contribution in [1.29, 1.82) is 5.41 Å². The van der Waals surface area contributed by atoms with E-state index in [4.69, 9.17) is 35.3 Å². The standard InChI is InChI=1S/C28H33N5O5.C2HF3O2/c1-5-37-24-16-19(12-15-23(24)38-17(2)3)25(31-20-13-10-18(11-14-20)26(29)30)28(35)33-32-27(34)21-8-6-7-9-22(21)36-4;3-2(4,5)1(6)7/h6-17,25,31H,5H2,1-4H3,(H3,29,30)(H,32,34)(H,33,35);(H,6,7). The lowest BCUT2D eigenvalue weighted by Crippen LogP contribution is -2.45. The smallest absolute Gasteiger partial charge is 0.490 e. The van der Waals surface area contributed by atoms with E-state index in [1.807, 2.05) is 20.8 Å². The molecule has 3 rings (SSSR count). The van der Waals surface area contributed by atoms with Crippen LogP contribution in [0.5, 0.6) is 17.2 Å². The number of hydrogen-bond donors (Lipinski definition) is 6. The van der Waals surface area contributed by atoms with Crippen molar-refractivity contribution in [3.63, 3.8) is 0 Å². The van der Waals surface area contributed by atoms with Gasteiger partial charge in [0.05, 0.1) is 25.4 Å². The van der Waals surface area contributed by atoms with E-state index < -0.39 is 30.0 Å². The molecule has 0 aliphatic heterocycles. The number of hydrogen-bond acceptors (Lipinski definition) is 8. The molecular formula is C30H34F3N5O7. The van der Waals surface area contributed by atoms with Crippen molar-refractivity contribution in [3.05, 3.63) is 83.4 Å². The second kappa shape index (κ2) is 16.4. The summed E-state index contributed by atoms with van der Waals surface area (Å²) in [4.78, 5) is 35.0. The third-order valence-corrected chi connectivity index (χ3v) is 5.63. The lowest BCUT2D eigenvalue weighted by Gasteiger charge is -2.22. The van der Waals surface area contributed by atoms with Crippen LogP contribution in [0.2, 0.25) is 0 Å². The second-order valence-electron chi connectivity index (χ2n) is 9.32. The van der Waals surface area contributed by atoms with E-state index in [0.29, 0.717) is 40.7 Å². The molecule has 0 radical (unpaired) electrons. The van der Waals surface area contributed by atoms with Gasteiger partial charge in [0.15, 0.2) is 11.5 Å². The monoisotopic (exact) mass is 633 g/mol. The molecule has 0 bridgehead atoms. The Bertz CT molecular complexity index is 1480. The van der Waals surface area contributed by atoms with Gasteiger partial charge in [0, 0.05) is 11.3 Å². The normalized spacial score (nSPS) is 11.3. The largest absolute Gasteiger partial charge is 0.496 e. The van der Waals surface area contributed by atoms with Crippen molar-refractivity contribution in [2.45, 2.75) is 39.1 Å². The Morgan fingerprint density at radius 2 is 1.58 bits per heavy atom. The van der Waals surface area contributed by atoms with E-state index in [1.54, 1.807) is 66.7 Å². The van der Waals surface area contributed by atoms with Gasteiger partial charge in [-0.3, -0.25) is 25.8 Å². The number of nitrogens with two attached hydrogens (primary N) is 1. The first-order chi connectivity index (χ1) is 21.2. The Kier molecular flexibility index (Phi) is 13.0. The highest BCUT2D eigenvalue weighted by Gasteiger charge is 2.38. The van der Waals surface area contributed by atoms with E-state index in [0.717, 1.165) is 0 Å². The summed E-state index contributed by atoms with van der Waals surface area (Å²) in [6, 6.07) is 17.8. The Hall–Kier alpha value is -5.47. The number of nitrogen functional groups attached to an aromatic ring is 1. The molecule has 3 aromatic rings. The maximum absolute atomic E-state index is 13.4. The van der Waals surface area contributed by atoms with Crippen LogP contribution in [-0.2, 0) is 9.59 Å². The summed E-state index contributed by atoms with van der Waals surface area (Å²) in [5.74, 6) is -2.45. The molecule has 15 heteroatoms. The molecule has 0 spiro atoms. The van der Waals surface area contributed by atoms with Gasteiger partial charge in [0.1, 0.15) is 17.6 Å². The van der Waals surface area contributed by atoms with Gasteiger partial charge in [-0.15, -0.1) is 0 Å². The number of para-hydroxylation sites is 1. The number of carboxylic acids is 1. The molecular weight excluding hydrogens is 599 g/mol. The first-order valence-corrected chi connectivity index (χ1v) is 13.4. The number of carbonyl (C=O) groups excluding carboxylic acids is 2. The highest BCUT2D eigenvalue weighted by atomic mass is 19.4. The molecule has 0 heterocycles. The van der Waals surface area contributed by atoms with Gasteiger partial charge in [0.2, 0.25) is 0 Å². The van der Waals surface area contributed by atoms with Gasteiger partial charge in [0.25, 0.3) is 11.8 Å². The summed E-state index contributed by atoms with van der Waals surface area (Å²) < 4.78 is 48.6. The van der Waals surface area contributed by atoms with E-state index in [2.05, 4.69) is 16.2 Å². The Labute approximate surface area is 257 Å². The van der Waals surface area contributed by atoms with Crippen LogP contribution >= 0.6 is 0 Å². The van der Waals surface area contributed by atoms with E-state index in [1.165, 1.54) is 7.11 Å². The van der Waals surface area contributed by atoms with Gasteiger partial charge in [-0.2, -0.15) is 13.2 Å². The Morgan fingerprint density at radius 1 is 0.956 bits per heavy atom. The lowest BCUT2D eigenvalue weighted by atomic mass is 10.0. The molecule has 2 amide bonds. The molecule has 242 valence electrons. The zero-order valence-electron chi connectivity index (χ0n) is 24.8. The van der Waals surface area contributed by atoms with Crippen molar-refractivity contribution in [2.24, 2.45) is 5.73 Å². The van der Waals surface area contributed by atoms with Crippen LogP contribution in [0.25, 0.3) is 0 Å². The summed E-state index contributed by atoms with van der Waals surface area (Å²) in [6.45, 7) is 6.09. The molecule has 0 fully saturated rings. The minimum absolute atomic E-state index is 0.0630. The number of halogens is 3. The molecule has 1 unspecified atom stereocenters. The number of nitrogens with one attached hydrogen (secondary N) is 4. The SMILES string of the molecule is CCOc1cc(C(Nc2ccc(C(=N)N)cc2)C(=O)NNC(=O)c2ccccc2OC)ccc1OC(C)C.O=C(O)C(F)(F)F. The number of amidine groups is 1. The maximum Gasteiger partial charge on any atom is 0.490 e. The predicted octanol–water partition coefficient (Wildman–Crippen LogP) is 4.41. The van der Waals surface area contributed by atoms with Crippen LogP contribution in [0.3, 0.4) is 0 Å². The van der Waals surface area contributed by atoms with Gasteiger partial charge >= 0.3 is 12.1 Å². The van der Waals surface area contributed by atoms with E-state index in [9.17, 15) is 22.8 Å². The van der Waals surface area contributed by atoms with Crippen LogP contribution < -0.4 is 36.1 Å². The predicted molar refractivity (Wildman–Crippen MR) is 159 cm³/mol. The highest BCUT2D eigenvalue weighted by Crippen LogP contribution is 2.33. The summed E-state index contributed by atoms with van der Waals surface area (Å²) >= 11 is 0. The lowest BCUT2D eigenvalue weighted by molar-refractivity contribution is -0.192. The fourth-order valence-electron chi connectivity index (χ4n) is 3.63. The zero-order chi connectivity index (χ0) is 33.7. The molecule has 3 aromatic carbocycles. The number of anilines is 1. The number of methoxy groups -OCH3 is 1. The minimum atomic E-state index is -5.08. The number of rotatable bonds is 11. The zero-order valence-corrected chi connectivity index (χ0v) is 24.8. The molecule has 0 saturated heterocycles. The topological polar surface area (TPSA) is 185 Å². The van der Waals surface area contributed by atoms with E-state index in [-0.39, 0.29) is 17.5 Å². The quantitative estimate of drug-likeness (QED) is 0.101. The average molecular weight is 634 g/mol. The molecule has 0 saturated carbocycles. The summed E-state index contributed by atoms with van der Waals surface area (Å²) in [5.41, 5.74) is 12.5. The summed E-state index contributed by atoms with van der Waals surface area (Å²) in [7, 11) is 1.46. The third kappa shape index (κ3) is 10.9. The van der Waals surface area contributed by atoms with Crippen LogP contribution in [0.1, 0.15) is 48.3 Å². The minimum Gasteiger partial charge on any atom is -0.496 e. The number of aliphatic carboxylic acids is 1. The third-order valence-electron chi connectivity index (χ3n) is 5.63. The summed E-state index contributed by atoms with van der Waals surface area (Å²) in [5, 5.41) is 17.9. The van der Waals surface area contributed by atoms with Crippen molar-refractivity contribution in [3.8, 4) is 17.2 Å². The number of carbonyl (C=O) groups is 3. The van der Waals surface area contributed by atoms with Crippen LogP contribution in [-0.4, -0.2) is 54.7 Å². The first-order valence-electron chi connectivity index (χ1n) is 13.4. The summed E-state index contributed by atoms with van der Waals surface area (Å²) in [6.07, 6.45) is -5.15. The van der Waals surface area contributed by atoms with Crippen molar-refractivity contribution in [1.82, 2.24) is 10.9 Å². The van der Waals surface area contributed by atoms with E-state index >= 15 is 0 Å². The highest BCUT2D eigenvalue weighted by molar-refractivity contribution is 5.98. The van der Waals surface area contributed by atoms with Crippen molar-refractivity contribution < 1.29 is 46.9 Å². The number of carboxylic acid groups (broad SMARTS) is 1. The van der Waals surface area contributed by atoms with Crippen LogP contribution in [0.15, 0.2) is 66.7 Å². The fourth-order valence-corrected chi connectivity index (χ4v) is 3.63. The number of ether oxygens (including phenoxy) is 3. The van der Waals surface area contributed by atoms with Gasteiger partial charge < -0.3 is 30.4 Å². The maximum atomic E-state index is 13.4. The molecule has 0 aromatic heterocycles. The van der Waals surface area contributed by atoms with Crippen molar-refractivity contribution >= 4 is 29.3 Å². The number of hydrazine groups is 1. The molecule has 12 nitrogen and oxygen atoms in total. The Morgan fingerprint density at radius 3 is 2.11 bits per heavy atom. The van der Waals surface area contributed by atoms with Crippen LogP contribution in [0, 0.1) is 5.41 Å². The van der Waals surface area contributed by atoms with Gasteiger partial charge in [-0.25, -0.2) is 4.79 Å². The Balaban J connectivity index is 0.000000900. The molecule has 0 aliphatic carbocycles. The second-order valence-corrected chi connectivity index (χ2v) is 9.32. The first kappa shape index (κ1) is 35.7. The number of alkyl halides is 3. The van der Waals surface area contributed by atoms with Gasteiger partial charge in [-0.05, 0) is 74.9 Å². The van der Waals surface area contributed by atoms with Gasteiger partial charge in [-0.1, -0.05) is 18.2 Å². The van der Waals surface area contributed by atoms with Crippen LogP contribution in [0.4, 0.5) is 18.9 Å².